The molecule has 100 valence electrons. The quantitative estimate of drug-likeness (QED) is 0.789. The van der Waals surface area contributed by atoms with E-state index in [1.807, 2.05) is 0 Å². The van der Waals surface area contributed by atoms with Crippen molar-refractivity contribution in [1.82, 2.24) is 10.2 Å². The van der Waals surface area contributed by atoms with E-state index in [1.54, 1.807) is 14.0 Å². The predicted molar refractivity (Wildman–Crippen MR) is 68.9 cm³/mol. The Hall–Kier alpha value is -0.610. The Kier molecular flexibility index (Phi) is 5.92. The Bertz CT molecular complexity index is 244. The molecule has 0 aromatic carbocycles. The molecule has 1 heterocycles. The maximum atomic E-state index is 11.6. The van der Waals surface area contributed by atoms with Crippen molar-refractivity contribution in [2.24, 2.45) is 5.92 Å². The smallest absolute Gasteiger partial charge is 0.248 e. The fourth-order valence-corrected chi connectivity index (χ4v) is 2.23. The van der Waals surface area contributed by atoms with E-state index in [-0.39, 0.29) is 12.0 Å². The van der Waals surface area contributed by atoms with Gasteiger partial charge in [0.1, 0.15) is 6.10 Å². The second kappa shape index (κ2) is 6.97. The molecule has 0 aromatic rings. The number of carbonyl (C=O) groups excluding carboxylic acids is 1. The lowest BCUT2D eigenvalue weighted by Gasteiger charge is -2.35. The zero-order valence-electron chi connectivity index (χ0n) is 11.5. The number of likely N-dealkylation sites (tertiary alicyclic amines) is 1. The van der Waals surface area contributed by atoms with Crippen LogP contribution in [-0.2, 0) is 9.53 Å². The van der Waals surface area contributed by atoms with Crippen LogP contribution in [0.1, 0.15) is 33.6 Å². The van der Waals surface area contributed by atoms with Crippen LogP contribution in [0.2, 0.25) is 0 Å². The zero-order valence-corrected chi connectivity index (χ0v) is 11.5. The summed E-state index contributed by atoms with van der Waals surface area (Å²) >= 11 is 0. The third-order valence-electron chi connectivity index (χ3n) is 3.57. The van der Waals surface area contributed by atoms with E-state index in [1.165, 1.54) is 19.4 Å². The molecule has 1 amide bonds. The molecule has 4 heteroatoms. The summed E-state index contributed by atoms with van der Waals surface area (Å²) in [4.78, 5) is 14.1. The number of ether oxygens (including phenoxy) is 1. The Morgan fingerprint density at radius 2 is 2.18 bits per heavy atom. The van der Waals surface area contributed by atoms with Crippen molar-refractivity contribution in [3.63, 3.8) is 0 Å². The molecule has 1 fully saturated rings. The van der Waals surface area contributed by atoms with E-state index in [0.717, 1.165) is 13.1 Å². The minimum absolute atomic E-state index is 0.00540. The first-order valence-electron chi connectivity index (χ1n) is 6.59. The molecule has 17 heavy (non-hydrogen) atoms. The van der Waals surface area contributed by atoms with Crippen LogP contribution >= 0.6 is 0 Å². The number of hydrogen-bond acceptors (Lipinski definition) is 3. The normalized spacial score (nSPS) is 23.7. The average molecular weight is 242 g/mol. The molecule has 0 aromatic heterocycles. The molecule has 1 aliphatic rings. The van der Waals surface area contributed by atoms with Gasteiger partial charge in [0.05, 0.1) is 0 Å². The van der Waals surface area contributed by atoms with Gasteiger partial charge in [0, 0.05) is 26.2 Å². The summed E-state index contributed by atoms with van der Waals surface area (Å²) in [6.45, 7) is 9.30. The Morgan fingerprint density at radius 3 is 2.76 bits per heavy atom. The topological polar surface area (TPSA) is 41.6 Å². The number of piperidine rings is 1. The van der Waals surface area contributed by atoms with Gasteiger partial charge in [0.25, 0.3) is 0 Å². The van der Waals surface area contributed by atoms with E-state index in [2.05, 4.69) is 24.1 Å². The van der Waals surface area contributed by atoms with E-state index < -0.39 is 0 Å². The Labute approximate surface area is 105 Å². The molecule has 1 N–H and O–H groups in total. The highest BCUT2D eigenvalue weighted by Crippen LogP contribution is 2.17. The Morgan fingerprint density at radius 1 is 1.47 bits per heavy atom. The molecular formula is C13H26N2O2. The molecule has 1 aliphatic heterocycles. The summed E-state index contributed by atoms with van der Waals surface area (Å²) in [5.41, 5.74) is 0. The molecule has 4 nitrogen and oxygen atoms in total. The fraction of sp³-hybridized carbons (Fsp3) is 0.923. The minimum atomic E-state index is -0.347. The molecule has 0 bridgehead atoms. The standard InChI is InChI=1S/C13H26N2O2/c1-10(2)15-7-5-6-12(9-15)8-14-13(16)11(3)17-4/h10-12H,5-9H2,1-4H3,(H,14,16). The van der Waals surface area contributed by atoms with Gasteiger partial charge in [-0.3, -0.25) is 4.79 Å². The first-order valence-corrected chi connectivity index (χ1v) is 6.59. The Balaban J connectivity index is 2.29. The number of nitrogens with zero attached hydrogens (tertiary/aromatic N) is 1. The van der Waals surface area contributed by atoms with Gasteiger partial charge < -0.3 is 15.0 Å². The minimum Gasteiger partial charge on any atom is -0.372 e. The second-order valence-corrected chi connectivity index (χ2v) is 5.22. The highest BCUT2D eigenvalue weighted by atomic mass is 16.5. The van der Waals surface area contributed by atoms with Crippen LogP contribution < -0.4 is 5.32 Å². The number of carbonyl (C=O) groups is 1. The average Bonchev–Trinajstić information content (AvgIpc) is 2.35. The predicted octanol–water partition coefficient (Wildman–Crippen LogP) is 1.26. The van der Waals surface area contributed by atoms with Gasteiger partial charge in [-0.1, -0.05) is 0 Å². The number of nitrogens with one attached hydrogen (secondary N) is 1. The number of methoxy groups -OCH3 is 1. The molecule has 1 rings (SSSR count). The highest BCUT2D eigenvalue weighted by molar-refractivity contribution is 5.80. The fourth-order valence-electron chi connectivity index (χ4n) is 2.23. The molecule has 0 saturated carbocycles. The van der Waals surface area contributed by atoms with Crippen LogP contribution in [-0.4, -0.2) is 49.7 Å². The molecule has 0 radical (unpaired) electrons. The van der Waals surface area contributed by atoms with Crippen molar-refractivity contribution in [3.8, 4) is 0 Å². The van der Waals surface area contributed by atoms with Gasteiger partial charge in [-0.15, -0.1) is 0 Å². The van der Waals surface area contributed by atoms with Crippen LogP contribution in [0.25, 0.3) is 0 Å². The number of rotatable bonds is 5. The van der Waals surface area contributed by atoms with E-state index in [0.29, 0.717) is 12.0 Å². The molecule has 2 unspecified atom stereocenters. The third-order valence-corrected chi connectivity index (χ3v) is 3.57. The lowest BCUT2D eigenvalue weighted by atomic mass is 9.97. The van der Waals surface area contributed by atoms with Crippen molar-refractivity contribution in [2.45, 2.75) is 45.8 Å². The number of amides is 1. The zero-order chi connectivity index (χ0) is 12.8. The van der Waals surface area contributed by atoms with Crippen LogP contribution in [0.5, 0.6) is 0 Å². The third kappa shape index (κ3) is 4.64. The molecule has 0 spiro atoms. The van der Waals surface area contributed by atoms with Gasteiger partial charge in [0.15, 0.2) is 0 Å². The van der Waals surface area contributed by atoms with Crippen molar-refractivity contribution in [3.05, 3.63) is 0 Å². The van der Waals surface area contributed by atoms with E-state index >= 15 is 0 Å². The lowest BCUT2D eigenvalue weighted by Crippen LogP contribution is -2.45. The largest absolute Gasteiger partial charge is 0.372 e. The summed E-state index contributed by atoms with van der Waals surface area (Å²) in [6, 6.07) is 0.603. The maximum absolute atomic E-state index is 11.6. The summed E-state index contributed by atoms with van der Waals surface area (Å²) in [6.07, 6.45) is 2.10. The van der Waals surface area contributed by atoms with Gasteiger partial charge in [-0.25, -0.2) is 0 Å². The first-order chi connectivity index (χ1) is 8.04. The molecule has 1 saturated heterocycles. The van der Waals surface area contributed by atoms with Crippen molar-refractivity contribution < 1.29 is 9.53 Å². The lowest BCUT2D eigenvalue weighted by molar-refractivity contribution is -0.130. The summed E-state index contributed by atoms with van der Waals surface area (Å²) < 4.78 is 4.99. The van der Waals surface area contributed by atoms with Gasteiger partial charge in [0.2, 0.25) is 5.91 Å². The number of hydrogen-bond donors (Lipinski definition) is 1. The van der Waals surface area contributed by atoms with Gasteiger partial charge in [-0.2, -0.15) is 0 Å². The van der Waals surface area contributed by atoms with Gasteiger partial charge >= 0.3 is 0 Å². The summed E-state index contributed by atoms with van der Waals surface area (Å²) in [5, 5.41) is 2.97. The van der Waals surface area contributed by atoms with Crippen molar-refractivity contribution >= 4 is 5.91 Å². The second-order valence-electron chi connectivity index (χ2n) is 5.22. The molecule has 2 atom stereocenters. The van der Waals surface area contributed by atoms with Crippen LogP contribution in [0.15, 0.2) is 0 Å². The van der Waals surface area contributed by atoms with Gasteiger partial charge in [-0.05, 0) is 46.1 Å². The maximum Gasteiger partial charge on any atom is 0.248 e. The highest BCUT2D eigenvalue weighted by Gasteiger charge is 2.22. The monoisotopic (exact) mass is 242 g/mol. The van der Waals surface area contributed by atoms with Crippen molar-refractivity contribution in [1.29, 1.82) is 0 Å². The van der Waals surface area contributed by atoms with Crippen LogP contribution in [0, 0.1) is 5.92 Å². The van der Waals surface area contributed by atoms with E-state index in [4.69, 9.17) is 4.74 Å². The molecular weight excluding hydrogens is 216 g/mol. The summed E-state index contributed by atoms with van der Waals surface area (Å²) in [5.74, 6) is 0.577. The van der Waals surface area contributed by atoms with E-state index in [9.17, 15) is 4.79 Å². The summed E-state index contributed by atoms with van der Waals surface area (Å²) in [7, 11) is 1.56. The van der Waals surface area contributed by atoms with Crippen LogP contribution in [0.3, 0.4) is 0 Å². The van der Waals surface area contributed by atoms with Crippen LogP contribution in [0.4, 0.5) is 0 Å². The first kappa shape index (κ1) is 14.5. The molecule has 0 aliphatic carbocycles. The van der Waals surface area contributed by atoms with Crippen molar-refractivity contribution in [2.75, 3.05) is 26.7 Å². The SMILES string of the molecule is COC(C)C(=O)NCC1CCCN(C(C)C)C1.